The Hall–Kier alpha value is -3.05. The summed E-state index contributed by atoms with van der Waals surface area (Å²) < 4.78 is 10.4. The average Bonchev–Trinajstić information content (AvgIpc) is 3.22. The van der Waals surface area contributed by atoms with Gasteiger partial charge in [-0.2, -0.15) is 5.26 Å². The summed E-state index contributed by atoms with van der Waals surface area (Å²) in [6.45, 7) is 4.77. The molecule has 0 atom stereocenters. The molecule has 0 saturated heterocycles. The number of anilines is 1. The third-order valence-electron chi connectivity index (χ3n) is 4.09. The monoisotopic (exact) mass is 385 g/mol. The molecule has 0 radical (unpaired) electrons. The molecule has 8 heteroatoms. The van der Waals surface area contributed by atoms with Gasteiger partial charge in [0, 0.05) is 17.5 Å². The molecule has 2 aromatic heterocycles. The first-order chi connectivity index (χ1) is 13.0. The number of nitriles is 1. The summed E-state index contributed by atoms with van der Waals surface area (Å²) in [6.07, 6.45) is 3.13. The van der Waals surface area contributed by atoms with E-state index in [1.54, 1.807) is 24.0 Å². The topological polar surface area (TPSA) is 95.6 Å². The highest BCUT2D eigenvalue weighted by atomic mass is 32.1. The minimum Gasteiger partial charge on any atom is -0.462 e. The molecular formula is C19H19N3O4S. The highest BCUT2D eigenvalue weighted by molar-refractivity contribution is 7.16. The number of fused-ring (bicyclic) bond motifs is 1. The van der Waals surface area contributed by atoms with Gasteiger partial charge in [0.2, 0.25) is 5.91 Å². The van der Waals surface area contributed by atoms with Crippen LogP contribution in [0, 0.1) is 18.3 Å². The van der Waals surface area contributed by atoms with Gasteiger partial charge in [0.1, 0.15) is 22.6 Å². The van der Waals surface area contributed by atoms with Crippen LogP contribution in [0.25, 0.3) is 6.08 Å². The van der Waals surface area contributed by atoms with Crippen molar-refractivity contribution in [3.8, 4) is 6.07 Å². The third-order valence-corrected chi connectivity index (χ3v) is 5.22. The number of nitrogens with one attached hydrogen (secondary N) is 1. The Kier molecular flexibility index (Phi) is 5.62. The number of hydrogen-bond donors (Lipinski definition) is 1. The number of nitrogens with zero attached hydrogens (tertiary/aromatic N) is 2. The molecule has 3 heterocycles. The normalized spacial score (nSPS) is 13.3. The average molecular weight is 385 g/mol. The van der Waals surface area contributed by atoms with Gasteiger partial charge in [0.15, 0.2) is 0 Å². The quantitative estimate of drug-likeness (QED) is 0.810. The lowest BCUT2D eigenvalue weighted by molar-refractivity contribution is -0.111. The Morgan fingerprint density at radius 2 is 2.30 bits per heavy atom. The summed E-state index contributed by atoms with van der Waals surface area (Å²) in [6, 6.07) is 5.76. The molecule has 0 saturated carbocycles. The van der Waals surface area contributed by atoms with Crippen molar-refractivity contribution in [2.45, 2.75) is 26.8 Å². The Bertz CT molecular complexity index is 935. The standard InChI is InChI=1S/C19H19N3O4S/c1-3-25-19(24)22-9-8-14-15(10-20)18(27-16(14)11-22)21-17(23)7-6-13-5-4-12(2)26-13/h4-7H,3,8-9,11H2,1-2H3,(H,21,23)/b7-6+. The number of carbonyl (C=O) groups excluding carboxylic acids is 2. The lowest BCUT2D eigenvalue weighted by atomic mass is 10.0. The maximum atomic E-state index is 12.2. The first-order valence-electron chi connectivity index (χ1n) is 8.53. The molecule has 2 amide bonds. The maximum Gasteiger partial charge on any atom is 0.410 e. The second kappa shape index (κ2) is 8.10. The second-order valence-electron chi connectivity index (χ2n) is 5.96. The molecule has 1 N–H and O–H groups in total. The molecule has 0 aliphatic carbocycles. The first kappa shape index (κ1) is 18.7. The van der Waals surface area contributed by atoms with E-state index < -0.39 is 0 Å². The van der Waals surface area contributed by atoms with Crippen molar-refractivity contribution >= 4 is 34.4 Å². The Balaban J connectivity index is 1.73. The highest BCUT2D eigenvalue weighted by Gasteiger charge is 2.27. The third kappa shape index (κ3) is 4.20. The van der Waals surface area contributed by atoms with Crippen LogP contribution in [0.4, 0.5) is 9.80 Å². The molecule has 0 aromatic carbocycles. The fourth-order valence-corrected chi connectivity index (χ4v) is 4.05. The van der Waals surface area contributed by atoms with Crippen molar-refractivity contribution in [3.63, 3.8) is 0 Å². The predicted octanol–water partition coefficient (Wildman–Crippen LogP) is 3.69. The van der Waals surface area contributed by atoms with Crippen LogP contribution < -0.4 is 5.32 Å². The predicted molar refractivity (Wildman–Crippen MR) is 101 cm³/mol. The van der Waals surface area contributed by atoms with Crippen LogP contribution >= 0.6 is 11.3 Å². The summed E-state index contributed by atoms with van der Waals surface area (Å²) >= 11 is 1.32. The largest absolute Gasteiger partial charge is 0.462 e. The van der Waals surface area contributed by atoms with E-state index in [1.807, 2.05) is 13.0 Å². The molecule has 1 aliphatic heterocycles. The fraction of sp³-hybridized carbons (Fsp3) is 0.316. The lowest BCUT2D eigenvalue weighted by Crippen LogP contribution is -2.35. The van der Waals surface area contributed by atoms with Crippen molar-refractivity contribution < 1.29 is 18.7 Å². The number of aryl methyl sites for hydroxylation is 1. The molecule has 3 rings (SSSR count). The number of amides is 2. The zero-order valence-electron chi connectivity index (χ0n) is 15.1. The summed E-state index contributed by atoms with van der Waals surface area (Å²) in [5, 5.41) is 12.8. The Morgan fingerprint density at radius 1 is 1.48 bits per heavy atom. The van der Waals surface area contributed by atoms with Gasteiger partial charge >= 0.3 is 6.09 Å². The molecule has 140 valence electrons. The summed E-state index contributed by atoms with van der Waals surface area (Å²) in [5.74, 6) is 0.999. The molecular weight excluding hydrogens is 366 g/mol. The summed E-state index contributed by atoms with van der Waals surface area (Å²) in [7, 11) is 0. The van der Waals surface area contributed by atoms with Gasteiger partial charge in [0.25, 0.3) is 0 Å². The van der Waals surface area contributed by atoms with Gasteiger partial charge < -0.3 is 19.4 Å². The van der Waals surface area contributed by atoms with Crippen molar-refractivity contribution in [2.24, 2.45) is 0 Å². The fourth-order valence-electron chi connectivity index (χ4n) is 2.83. The van der Waals surface area contributed by atoms with Gasteiger partial charge in [-0.15, -0.1) is 11.3 Å². The smallest absolute Gasteiger partial charge is 0.410 e. The molecule has 0 bridgehead atoms. The van der Waals surface area contributed by atoms with Gasteiger partial charge in [-0.25, -0.2) is 4.79 Å². The van der Waals surface area contributed by atoms with Crippen LogP contribution in [0.5, 0.6) is 0 Å². The second-order valence-corrected chi connectivity index (χ2v) is 7.07. The highest BCUT2D eigenvalue weighted by Crippen LogP contribution is 2.36. The van der Waals surface area contributed by atoms with E-state index in [4.69, 9.17) is 9.15 Å². The number of hydrogen-bond acceptors (Lipinski definition) is 6. The van der Waals surface area contributed by atoms with E-state index in [-0.39, 0.29) is 12.0 Å². The zero-order chi connectivity index (χ0) is 19.4. The number of ether oxygens (including phenoxy) is 1. The van der Waals surface area contributed by atoms with Crippen molar-refractivity contribution in [1.82, 2.24) is 4.90 Å². The zero-order valence-corrected chi connectivity index (χ0v) is 15.9. The minimum absolute atomic E-state index is 0.318. The minimum atomic E-state index is -0.364. The Morgan fingerprint density at radius 3 is 2.96 bits per heavy atom. The van der Waals surface area contributed by atoms with Crippen molar-refractivity contribution in [3.05, 3.63) is 45.7 Å². The van der Waals surface area contributed by atoms with E-state index in [9.17, 15) is 14.9 Å². The number of thiophene rings is 1. The van der Waals surface area contributed by atoms with Gasteiger partial charge in [-0.3, -0.25) is 4.79 Å². The summed E-state index contributed by atoms with van der Waals surface area (Å²) in [4.78, 5) is 26.6. The van der Waals surface area contributed by atoms with E-state index in [2.05, 4.69) is 11.4 Å². The number of rotatable bonds is 4. The van der Waals surface area contributed by atoms with Crippen molar-refractivity contribution in [2.75, 3.05) is 18.5 Å². The van der Waals surface area contributed by atoms with E-state index >= 15 is 0 Å². The van der Waals surface area contributed by atoms with Gasteiger partial charge in [0.05, 0.1) is 18.7 Å². The van der Waals surface area contributed by atoms with Crippen LogP contribution in [0.3, 0.4) is 0 Å². The molecule has 2 aromatic rings. The van der Waals surface area contributed by atoms with Crippen LogP contribution in [0.1, 0.15) is 34.4 Å². The van der Waals surface area contributed by atoms with Crippen LogP contribution in [-0.2, 0) is 22.5 Å². The van der Waals surface area contributed by atoms with Gasteiger partial charge in [-0.1, -0.05) is 0 Å². The Labute approximate surface area is 160 Å². The number of furan rings is 1. The lowest BCUT2D eigenvalue weighted by Gasteiger charge is -2.25. The molecule has 0 fully saturated rings. The van der Waals surface area contributed by atoms with E-state index in [1.165, 1.54) is 17.4 Å². The molecule has 27 heavy (non-hydrogen) atoms. The number of carbonyl (C=O) groups is 2. The van der Waals surface area contributed by atoms with E-state index in [0.29, 0.717) is 42.4 Å². The van der Waals surface area contributed by atoms with Crippen LogP contribution in [0.2, 0.25) is 0 Å². The summed E-state index contributed by atoms with van der Waals surface area (Å²) in [5.41, 5.74) is 1.36. The molecule has 0 spiro atoms. The van der Waals surface area contributed by atoms with Crippen molar-refractivity contribution in [1.29, 1.82) is 5.26 Å². The SMILES string of the molecule is CCOC(=O)N1CCc2c(sc(NC(=O)/C=C/c3ccc(C)o3)c2C#N)C1. The molecule has 1 aliphatic rings. The van der Waals surface area contributed by atoms with Gasteiger partial charge in [-0.05, 0) is 44.0 Å². The van der Waals surface area contributed by atoms with Crippen LogP contribution in [-0.4, -0.2) is 30.1 Å². The van der Waals surface area contributed by atoms with E-state index in [0.717, 1.165) is 16.2 Å². The van der Waals surface area contributed by atoms with Crippen LogP contribution in [0.15, 0.2) is 22.6 Å². The molecule has 7 nitrogen and oxygen atoms in total. The maximum absolute atomic E-state index is 12.2. The molecule has 0 unspecified atom stereocenters. The first-order valence-corrected chi connectivity index (χ1v) is 9.35.